The number of carbonyl (C=O) groups is 1. The zero-order valence-electron chi connectivity index (χ0n) is 10.3. The van der Waals surface area contributed by atoms with Crippen molar-refractivity contribution in [1.82, 2.24) is 4.90 Å². The summed E-state index contributed by atoms with van der Waals surface area (Å²) in [6.07, 6.45) is -0.514. The van der Waals surface area contributed by atoms with E-state index in [0.717, 1.165) is 31.7 Å². The van der Waals surface area contributed by atoms with Crippen molar-refractivity contribution in [2.45, 2.75) is 43.9 Å². The fourth-order valence-corrected chi connectivity index (χ4v) is 3.06. The average Bonchev–Trinajstić information content (AvgIpc) is 3.11. The minimum atomic E-state index is -4.48. The highest BCUT2D eigenvalue weighted by atomic mass is 19.4. The molecule has 3 rings (SSSR count). The second-order valence-corrected chi connectivity index (χ2v) is 5.17. The van der Waals surface area contributed by atoms with Crippen LogP contribution in [0.2, 0.25) is 0 Å². The van der Waals surface area contributed by atoms with E-state index in [1.807, 2.05) is 0 Å². The molecule has 2 atom stereocenters. The van der Waals surface area contributed by atoms with Gasteiger partial charge in [-0.15, -0.1) is 0 Å². The molecule has 2 fully saturated rings. The third-order valence-electron chi connectivity index (χ3n) is 4.02. The number of rotatable bonds is 1. The molecule has 1 aliphatic heterocycles. The number of hydrogen-bond acceptors (Lipinski definition) is 1. The molecule has 0 aromatic heterocycles. The number of nitrogens with zero attached hydrogens (tertiary/aromatic N) is 1. The Hall–Kier alpha value is -1.52. The molecule has 1 saturated carbocycles. The summed E-state index contributed by atoms with van der Waals surface area (Å²) in [5, 5.41) is 0. The summed E-state index contributed by atoms with van der Waals surface area (Å²) in [6.45, 7) is 0. The van der Waals surface area contributed by atoms with E-state index in [1.165, 1.54) is 18.2 Å². The van der Waals surface area contributed by atoms with Crippen LogP contribution in [0, 0.1) is 0 Å². The van der Waals surface area contributed by atoms with Crippen LogP contribution in [0.25, 0.3) is 0 Å². The van der Waals surface area contributed by atoms with Gasteiger partial charge in [-0.3, -0.25) is 4.79 Å². The van der Waals surface area contributed by atoms with E-state index in [9.17, 15) is 18.0 Å². The molecule has 5 heteroatoms. The van der Waals surface area contributed by atoms with Gasteiger partial charge >= 0.3 is 6.18 Å². The molecule has 1 saturated heterocycles. The van der Waals surface area contributed by atoms with E-state index < -0.39 is 17.6 Å². The van der Waals surface area contributed by atoms with Crippen LogP contribution in [-0.4, -0.2) is 22.9 Å². The highest BCUT2D eigenvalue weighted by Crippen LogP contribution is 2.42. The third kappa shape index (κ3) is 2.11. The van der Waals surface area contributed by atoms with E-state index in [-0.39, 0.29) is 17.6 Å². The Morgan fingerprint density at radius 2 is 1.68 bits per heavy atom. The standard InChI is InChI=1S/C14H14F3NO/c15-14(16,17)10-6-2-1-5-9(10)13(19)18-11-7-3-4-8-12(11)18/h1-2,5-6,11-12H,3-4,7-8H2. The summed E-state index contributed by atoms with van der Waals surface area (Å²) in [6, 6.07) is 5.38. The lowest BCUT2D eigenvalue weighted by atomic mass is 10.0. The minimum Gasteiger partial charge on any atom is -0.329 e. The number of fused-ring (bicyclic) bond motifs is 1. The number of halogens is 3. The van der Waals surface area contributed by atoms with Crippen molar-refractivity contribution in [3.8, 4) is 0 Å². The van der Waals surface area contributed by atoms with Crippen molar-refractivity contribution in [1.29, 1.82) is 0 Å². The molecule has 0 bridgehead atoms. The molecular formula is C14H14F3NO. The van der Waals surface area contributed by atoms with E-state index in [4.69, 9.17) is 0 Å². The predicted octanol–water partition coefficient (Wildman–Crippen LogP) is 3.47. The summed E-state index contributed by atoms with van der Waals surface area (Å²) >= 11 is 0. The molecule has 102 valence electrons. The molecule has 2 aliphatic rings. The van der Waals surface area contributed by atoms with Crippen LogP contribution in [0.15, 0.2) is 24.3 Å². The summed E-state index contributed by atoms with van der Waals surface area (Å²) in [7, 11) is 0. The van der Waals surface area contributed by atoms with Crippen LogP contribution >= 0.6 is 0 Å². The molecular weight excluding hydrogens is 255 g/mol. The van der Waals surface area contributed by atoms with Gasteiger partial charge in [-0.25, -0.2) is 0 Å². The largest absolute Gasteiger partial charge is 0.417 e. The Labute approximate surface area is 109 Å². The van der Waals surface area contributed by atoms with Gasteiger partial charge in [-0.1, -0.05) is 25.0 Å². The van der Waals surface area contributed by atoms with Gasteiger partial charge in [-0.05, 0) is 25.0 Å². The zero-order chi connectivity index (χ0) is 13.6. The highest BCUT2D eigenvalue weighted by Gasteiger charge is 2.52. The van der Waals surface area contributed by atoms with Gasteiger partial charge in [0.25, 0.3) is 5.91 Å². The van der Waals surface area contributed by atoms with Crippen molar-refractivity contribution in [3.63, 3.8) is 0 Å². The SMILES string of the molecule is O=C(c1ccccc1C(F)(F)F)N1C2CCCCC21. The molecule has 19 heavy (non-hydrogen) atoms. The Bertz CT molecular complexity index is 500. The van der Waals surface area contributed by atoms with Gasteiger partial charge in [-0.2, -0.15) is 13.2 Å². The first-order chi connectivity index (χ1) is 9.00. The van der Waals surface area contributed by atoms with Crippen molar-refractivity contribution >= 4 is 5.91 Å². The molecule has 1 amide bonds. The summed E-state index contributed by atoms with van der Waals surface area (Å²) < 4.78 is 38.7. The second-order valence-electron chi connectivity index (χ2n) is 5.17. The molecule has 1 aliphatic carbocycles. The number of alkyl halides is 3. The zero-order valence-corrected chi connectivity index (χ0v) is 10.3. The van der Waals surface area contributed by atoms with Crippen LogP contribution in [0.5, 0.6) is 0 Å². The van der Waals surface area contributed by atoms with Gasteiger partial charge in [0.15, 0.2) is 0 Å². The maximum absolute atomic E-state index is 12.9. The fourth-order valence-electron chi connectivity index (χ4n) is 3.06. The maximum atomic E-state index is 12.9. The van der Waals surface area contributed by atoms with E-state index in [2.05, 4.69) is 0 Å². The highest BCUT2D eigenvalue weighted by molar-refractivity contribution is 5.98. The molecule has 0 N–H and O–H groups in total. The van der Waals surface area contributed by atoms with E-state index in [1.54, 1.807) is 4.90 Å². The third-order valence-corrected chi connectivity index (χ3v) is 4.02. The lowest BCUT2D eigenvalue weighted by molar-refractivity contribution is -0.138. The Balaban J connectivity index is 1.89. The first-order valence-electron chi connectivity index (χ1n) is 6.49. The smallest absolute Gasteiger partial charge is 0.329 e. The van der Waals surface area contributed by atoms with Crippen molar-refractivity contribution in [2.24, 2.45) is 0 Å². The number of amides is 1. The van der Waals surface area contributed by atoms with E-state index in [0.29, 0.717) is 0 Å². The molecule has 2 unspecified atom stereocenters. The molecule has 1 heterocycles. The topological polar surface area (TPSA) is 20.1 Å². The molecule has 0 spiro atoms. The van der Waals surface area contributed by atoms with E-state index >= 15 is 0 Å². The quantitative estimate of drug-likeness (QED) is 0.715. The van der Waals surface area contributed by atoms with Gasteiger partial charge in [0.1, 0.15) is 0 Å². The number of hydrogen-bond donors (Lipinski definition) is 0. The van der Waals surface area contributed by atoms with Crippen LogP contribution < -0.4 is 0 Å². The Morgan fingerprint density at radius 3 is 2.26 bits per heavy atom. The Morgan fingerprint density at radius 1 is 1.11 bits per heavy atom. The summed E-state index contributed by atoms with van der Waals surface area (Å²) in [5.41, 5.74) is -1.05. The predicted molar refractivity (Wildman–Crippen MR) is 63.7 cm³/mol. The fraction of sp³-hybridized carbons (Fsp3) is 0.500. The molecule has 1 aromatic rings. The lowest BCUT2D eigenvalue weighted by Gasteiger charge is -2.12. The monoisotopic (exact) mass is 269 g/mol. The van der Waals surface area contributed by atoms with Crippen molar-refractivity contribution in [3.05, 3.63) is 35.4 Å². The van der Waals surface area contributed by atoms with Gasteiger partial charge in [0, 0.05) is 0 Å². The minimum absolute atomic E-state index is 0.169. The summed E-state index contributed by atoms with van der Waals surface area (Å²) in [4.78, 5) is 13.9. The van der Waals surface area contributed by atoms with Gasteiger partial charge in [0.05, 0.1) is 23.2 Å². The first-order valence-corrected chi connectivity index (χ1v) is 6.49. The van der Waals surface area contributed by atoms with Crippen molar-refractivity contribution < 1.29 is 18.0 Å². The number of likely N-dealkylation sites (tertiary alicyclic amines) is 1. The average molecular weight is 269 g/mol. The second kappa shape index (κ2) is 4.25. The van der Waals surface area contributed by atoms with Crippen molar-refractivity contribution in [2.75, 3.05) is 0 Å². The Kier molecular flexibility index (Phi) is 2.80. The van der Waals surface area contributed by atoms with Crippen LogP contribution in [0.1, 0.15) is 41.6 Å². The van der Waals surface area contributed by atoms with Gasteiger partial charge in [0.2, 0.25) is 0 Å². The van der Waals surface area contributed by atoms with Crippen LogP contribution in [-0.2, 0) is 6.18 Å². The molecule has 2 nitrogen and oxygen atoms in total. The summed E-state index contributed by atoms with van der Waals surface area (Å²) in [5.74, 6) is -0.468. The molecule has 0 radical (unpaired) electrons. The lowest BCUT2D eigenvalue weighted by Crippen LogP contribution is -2.20. The maximum Gasteiger partial charge on any atom is 0.417 e. The first kappa shape index (κ1) is 12.5. The van der Waals surface area contributed by atoms with Crippen LogP contribution in [0.3, 0.4) is 0 Å². The number of carbonyl (C=O) groups excluding carboxylic acids is 1. The molecule has 1 aromatic carbocycles. The normalized spacial score (nSPS) is 25.9. The van der Waals surface area contributed by atoms with Crippen LogP contribution in [0.4, 0.5) is 13.2 Å². The number of benzene rings is 1. The van der Waals surface area contributed by atoms with Gasteiger partial charge < -0.3 is 4.90 Å².